The molecule has 0 radical (unpaired) electrons. The molecular weight excluding hydrogens is 469 g/mol. The third-order valence-electron chi connectivity index (χ3n) is 5.65. The molecule has 4 heterocycles. The van der Waals surface area contributed by atoms with Crippen molar-refractivity contribution < 1.29 is 18.0 Å². The number of aromatic amines is 1. The Morgan fingerprint density at radius 3 is 2.42 bits per heavy atom. The second kappa shape index (κ2) is 9.95. The molecule has 4 aromatic heterocycles. The second-order valence-corrected chi connectivity index (χ2v) is 8.00. The smallest absolute Gasteiger partial charge is 0.239 e. The molecular formula is C26H19F3N6O. The summed E-state index contributed by atoms with van der Waals surface area (Å²) in [6.07, 6.45) is 3.00. The van der Waals surface area contributed by atoms with Crippen molar-refractivity contribution in [1.29, 1.82) is 0 Å². The highest BCUT2D eigenvalue weighted by atomic mass is 19.3. The summed E-state index contributed by atoms with van der Waals surface area (Å²) in [5.41, 5.74) is 3.73. The van der Waals surface area contributed by atoms with Crippen molar-refractivity contribution in [3.63, 3.8) is 0 Å². The molecule has 0 fully saturated rings. The molecule has 1 aromatic carbocycles. The van der Waals surface area contributed by atoms with Crippen molar-refractivity contribution in [1.82, 2.24) is 24.9 Å². The molecule has 5 aromatic rings. The van der Waals surface area contributed by atoms with Gasteiger partial charge in [0.25, 0.3) is 0 Å². The van der Waals surface area contributed by atoms with E-state index >= 15 is 0 Å². The van der Waals surface area contributed by atoms with Crippen molar-refractivity contribution in [2.45, 2.75) is 18.8 Å². The number of benzene rings is 1. The third kappa shape index (κ3) is 4.78. The fourth-order valence-corrected chi connectivity index (χ4v) is 4.02. The highest BCUT2D eigenvalue weighted by Gasteiger charge is 2.26. The number of pyridine rings is 2. The molecule has 0 saturated carbocycles. The second-order valence-electron chi connectivity index (χ2n) is 8.00. The SMILES string of the molecule is O=C(Nc1cc(-c2[nH]c3cccnc3c2-c2ncccn2)ccn1)[C@H](CC(F)F)c1ccc(F)cc1. The lowest BCUT2D eigenvalue weighted by Gasteiger charge is -2.17. The van der Waals surface area contributed by atoms with E-state index in [0.717, 1.165) is 17.6 Å². The topological polar surface area (TPSA) is 96.5 Å². The Kier molecular flexibility index (Phi) is 6.40. The van der Waals surface area contributed by atoms with Gasteiger partial charge in [-0.25, -0.2) is 28.1 Å². The van der Waals surface area contributed by atoms with E-state index in [1.807, 2.05) is 6.07 Å². The van der Waals surface area contributed by atoms with E-state index in [9.17, 15) is 18.0 Å². The van der Waals surface area contributed by atoms with E-state index in [1.54, 1.807) is 42.9 Å². The van der Waals surface area contributed by atoms with Crippen LogP contribution in [0.2, 0.25) is 0 Å². The zero-order chi connectivity index (χ0) is 25.1. The lowest BCUT2D eigenvalue weighted by Crippen LogP contribution is -2.23. The minimum atomic E-state index is -2.72. The lowest BCUT2D eigenvalue weighted by molar-refractivity contribution is -0.118. The maximum atomic E-state index is 13.3. The first kappa shape index (κ1) is 23.2. The average molecular weight is 488 g/mol. The summed E-state index contributed by atoms with van der Waals surface area (Å²) in [5, 5.41) is 2.63. The Labute approximate surface area is 203 Å². The molecule has 0 aliphatic carbocycles. The average Bonchev–Trinajstić information content (AvgIpc) is 3.28. The first-order valence-corrected chi connectivity index (χ1v) is 11.0. The molecule has 0 aliphatic rings. The zero-order valence-corrected chi connectivity index (χ0v) is 18.7. The summed E-state index contributed by atoms with van der Waals surface area (Å²) in [6.45, 7) is 0. The molecule has 0 spiro atoms. The van der Waals surface area contributed by atoms with Crippen molar-refractivity contribution in [2.75, 3.05) is 5.32 Å². The van der Waals surface area contributed by atoms with Crippen molar-refractivity contribution in [3.8, 4) is 22.6 Å². The van der Waals surface area contributed by atoms with Crippen LogP contribution in [-0.4, -0.2) is 37.3 Å². The highest BCUT2D eigenvalue weighted by Crippen LogP contribution is 2.36. The van der Waals surface area contributed by atoms with E-state index in [1.165, 1.54) is 18.3 Å². The van der Waals surface area contributed by atoms with Gasteiger partial charge in [0.1, 0.15) is 11.6 Å². The van der Waals surface area contributed by atoms with Crippen LogP contribution in [0.4, 0.5) is 19.0 Å². The van der Waals surface area contributed by atoms with Gasteiger partial charge in [0.15, 0.2) is 5.82 Å². The van der Waals surface area contributed by atoms with Crippen LogP contribution in [0.1, 0.15) is 17.9 Å². The maximum Gasteiger partial charge on any atom is 0.239 e. The molecule has 5 rings (SSSR count). The van der Waals surface area contributed by atoms with Gasteiger partial charge in [-0.3, -0.25) is 9.78 Å². The predicted molar refractivity (Wildman–Crippen MR) is 129 cm³/mol. The van der Waals surface area contributed by atoms with Crippen LogP contribution >= 0.6 is 0 Å². The number of alkyl halides is 2. The number of nitrogens with zero attached hydrogens (tertiary/aromatic N) is 4. The minimum Gasteiger partial charge on any atom is -0.353 e. The third-order valence-corrected chi connectivity index (χ3v) is 5.65. The molecule has 7 nitrogen and oxygen atoms in total. The first-order chi connectivity index (χ1) is 17.5. The van der Waals surface area contributed by atoms with Gasteiger partial charge in [0.2, 0.25) is 12.3 Å². The fourth-order valence-electron chi connectivity index (χ4n) is 4.02. The standard InChI is InChI=1S/C26H19F3N6O/c27-17-6-4-15(5-7-17)18(14-20(28)29)26(36)35-21-13-16(8-12-30-21)23-22(25-32-10-2-11-33-25)24-19(34-23)3-1-9-31-24/h1-13,18,20,34H,14H2,(H,30,35,36)/t18-/m1/s1. The van der Waals surface area contributed by atoms with Crippen molar-refractivity contribution >= 4 is 22.8 Å². The molecule has 0 bridgehead atoms. The predicted octanol–water partition coefficient (Wildman–Crippen LogP) is 5.60. The molecule has 0 saturated heterocycles. The number of nitrogens with one attached hydrogen (secondary N) is 2. The number of halogens is 3. The Hall–Kier alpha value is -4.60. The van der Waals surface area contributed by atoms with Crippen molar-refractivity contribution in [3.05, 3.63) is 90.8 Å². The summed E-state index contributed by atoms with van der Waals surface area (Å²) in [7, 11) is 0. The molecule has 0 aliphatic heterocycles. The van der Waals surface area contributed by atoms with Gasteiger partial charge >= 0.3 is 0 Å². The monoisotopic (exact) mass is 488 g/mol. The summed E-state index contributed by atoms with van der Waals surface area (Å²) in [4.78, 5) is 33.7. The summed E-state index contributed by atoms with van der Waals surface area (Å²) in [5.74, 6) is -1.73. The van der Waals surface area contributed by atoms with Gasteiger partial charge in [0, 0.05) is 36.8 Å². The van der Waals surface area contributed by atoms with Crippen LogP contribution in [0.5, 0.6) is 0 Å². The number of hydrogen-bond donors (Lipinski definition) is 2. The largest absolute Gasteiger partial charge is 0.353 e. The molecule has 180 valence electrons. The Morgan fingerprint density at radius 1 is 0.917 bits per heavy atom. The molecule has 2 N–H and O–H groups in total. The molecule has 10 heteroatoms. The number of fused-ring (bicyclic) bond motifs is 1. The lowest BCUT2D eigenvalue weighted by atomic mass is 9.95. The molecule has 1 amide bonds. The number of hydrogen-bond acceptors (Lipinski definition) is 5. The van der Waals surface area contributed by atoms with Crippen LogP contribution in [0.3, 0.4) is 0 Å². The van der Waals surface area contributed by atoms with Gasteiger partial charge in [-0.1, -0.05) is 12.1 Å². The van der Waals surface area contributed by atoms with Crippen LogP contribution in [-0.2, 0) is 4.79 Å². The number of carbonyl (C=O) groups is 1. The molecule has 1 atom stereocenters. The van der Waals surface area contributed by atoms with Crippen LogP contribution in [0, 0.1) is 5.82 Å². The maximum absolute atomic E-state index is 13.3. The number of amides is 1. The Balaban J connectivity index is 1.50. The van der Waals surface area contributed by atoms with Gasteiger partial charge in [-0.05, 0) is 48.0 Å². The highest BCUT2D eigenvalue weighted by molar-refractivity contribution is 6.00. The number of H-pyrrole nitrogens is 1. The molecule has 36 heavy (non-hydrogen) atoms. The Morgan fingerprint density at radius 2 is 1.67 bits per heavy atom. The summed E-state index contributed by atoms with van der Waals surface area (Å²) in [6, 6.07) is 13.7. The Bertz CT molecular complexity index is 1510. The van der Waals surface area contributed by atoms with Gasteiger partial charge < -0.3 is 10.3 Å². The van der Waals surface area contributed by atoms with E-state index in [4.69, 9.17) is 0 Å². The number of aromatic nitrogens is 5. The van der Waals surface area contributed by atoms with Gasteiger partial charge in [-0.15, -0.1) is 0 Å². The van der Waals surface area contributed by atoms with Gasteiger partial charge in [0.05, 0.1) is 28.2 Å². The number of rotatable bonds is 7. The quantitative estimate of drug-likeness (QED) is 0.311. The fraction of sp³-hybridized carbons (Fsp3) is 0.115. The zero-order valence-electron chi connectivity index (χ0n) is 18.7. The van der Waals surface area contributed by atoms with Crippen molar-refractivity contribution in [2.24, 2.45) is 0 Å². The van der Waals surface area contributed by atoms with E-state index in [2.05, 4.69) is 30.2 Å². The van der Waals surface area contributed by atoms with E-state index in [-0.39, 0.29) is 11.4 Å². The normalized spacial score (nSPS) is 12.1. The molecule has 0 unspecified atom stereocenters. The summed E-state index contributed by atoms with van der Waals surface area (Å²) >= 11 is 0. The van der Waals surface area contributed by atoms with Crippen LogP contribution in [0.25, 0.3) is 33.7 Å². The van der Waals surface area contributed by atoms with Gasteiger partial charge in [-0.2, -0.15) is 0 Å². The van der Waals surface area contributed by atoms with E-state index in [0.29, 0.717) is 28.2 Å². The first-order valence-electron chi connectivity index (χ1n) is 11.0. The van der Waals surface area contributed by atoms with E-state index < -0.39 is 30.5 Å². The van der Waals surface area contributed by atoms with Crippen LogP contribution in [0.15, 0.2) is 79.4 Å². The van der Waals surface area contributed by atoms with Crippen LogP contribution < -0.4 is 5.32 Å². The number of carbonyl (C=O) groups excluding carboxylic acids is 1. The minimum absolute atomic E-state index is 0.172. The number of anilines is 1. The summed E-state index contributed by atoms with van der Waals surface area (Å²) < 4.78 is 39.8.